The van der Waals surface area contributed by atoms with E-state index in [9.17, 15) is 13.2 Å². The number of halogens is 1. The molecule has 0 aliphatic carbocycles. The number of hydrogen-bond acceptors (Lipinski definition) is 3. The summed E-state index contributed by atoms with van der Waals surface area (Å²) >= 11 is 6.02. The van der Waals surface area contributed by atoms with Crippen molar-refractivity contribution >= 4 is 38.4 Å². The first-order valence-corrected chi connectivity index (χ1v) is 7.16. The SMILES string of the molecule is O=C(O)CNS(=O)(=O)c1cccc2cccc(Cl)c12. The van der Waals surface area contributed by atoms with Gasteiger partial charge in [-0.15, -0.1) is 0 Å². The minimum atomic E-state index is -3.92. The van der Waals surface area contributed by atoms with E-state index in [1.54, 1.807) is 30.3 Å². The Labute approximate surface area is 114 Å². The molecule has 19 heavy (non-hydrogen) atoms. The second-order valence-electron chi connectivity index (χ2n) is 3.81. The third-order valence-corrected chi connectivity index (χ3v) is 4.28. The molecule has 0 saturated carbocycles. The molecule has 2 N–H and O–H groups in total. The summed E-state index contributed by atoms with van der Waals surface area (Å²) in [6, 6.07) is 9.73. The zero-order valence-corrected chi connectivity index (χ0v) is 11.2. The Morgan fingerprint density at radius 2 is 1.84 bits per heavy atom. The maximum atomic E-state index is 12.1. The zero-order valence-electron chi connectivity index (χ0n) is 9.63. The number of carboxylic acids is 1. The molecular weight excluding hydrogens is 290 g/mol. The number of nitrogens with one attached hydrogen (secondary N) is 1. The molecule has 0 aromatic heterocycles. The second kappa shape index (κ2) is 5.16. The Kier molecular flexibility index (Phi) is 3.75. The normalized spacial score (nSPS) is 11.6. The van der Waals surface area contributed by atoms with Crippen LogP contribution in [0.5, 0.6) is 0 Å². The van der Waals surface area contributed by atoms with Crippen LogP contribution in [0, 0.1) is 0 Å². The first kappa shape index (κ1) is 13.8. The van der Waals surface area contributed by atoms with E-state index in [4.69, 9.17) is 16.7 Å². The fourth-order valence-electron chi connectivity index (χ4n) is 1.72. The summed E-state index contributed by atoms with van der Waals surface area (Å²) in [7, 11) is -3.92. The van der Waals surface area contributed by atoms with E-state index in [0.29, 0.717) is 15.8 Å². The highest BCUT2D eigenvalue weighted by molar-refractivity contribution is 7.89. The van der Waals surface area contributed by atoms with Crippen molar-refractivity contribution in [1.82, 2.24) is 4.72 Å². The van der Waals surface area contributed by atoms with Gasteiger partial charge in [0.1, 0.15) is 6.54 Å². The highest BCUT2D eigenvalue weighted by Crippen LogP contribution is 2.29. The molecule has 100 valence electrons. The van der Waals surface area contributed by atoms with Crippen molar-refractivity contribution in [2.24, 2.45) is 0 Å². The van der Waals surface area contributed by atoms with Crippen LogP contribution in [-0.2, 0) is 14.8 Å². The van der Waals surface area contributed by atoms with E-state index in [1.807, 2.05) is 4.72 Å². The smallest absolute Gasteiger partial charge is 0.318 e. The van der Waals surface area contributed by atoms with E-state index < -0.39 is 22.5 Å². The lowest BCUT2D eigenvalue weighted by molar-refractivity contribution is -0.135. The fourth-order valence-corrected chi connectivity index (χ4v) is 3.28. The maximum absolute atomic E-state index is 12.1. The van der Waals surface area contributed by atoms with E-state index in [2.05, 4.69) is 0 Å². The average molecular weight is 300 g/mol. The summed E-state index contributed by atoms with van der Waals surface area (Å²) < 4.78 is 26.1. The summed E-state index contributed by atoms with van der Waals surface area (Å²) in [4.78, 5) is 10.4. The molecule has 0 spiro atoms. The van der Waals surface area contributed by atoms with Gasteiger partial charge in [-0.25, -0.2) is 8.42 Å². The third kappa shape index (κ3) is 2.86. The molecule has 2 aromatic carbocycles. The van der Waals surface area contributed by atoms with Crippen molar-refractivity contribution in [3.63, 3.8) is 0 Å². The quantitative estimate of drug-likeness (QED) is 0.902. The van der Waals surface area contributed by atoms with Gasteiger partial charge in [-0.2, -0.15) is 4.72 Å². The Bertz CT molecular complexity index is 737. The van der Waals surface area contributed by atoms with Crippen LogP contribution < -0.4 is 4.72 Å². The summed E-state index contributed by atoms with van der Waals surface area (Å²) in [6.45, 7) is -0.677. The zero-order chi connectivity index (χ0) is 14.0. The molecule has 0 bridgehead atoms. The van der Waals surface area contributed by atoms with Crippen LogP contribution in [0.3, 0.4) is 0 Å². The molecule has 0 atom stereocenters. The summed E-state index contributed by atoms with van der Waals surface area (Å²) in [5.41, 5.74) is 0. The lowest BCUT2D eigenvalue weighted by Crippen LogP contribution is -2.29. The topological polar surface area (TPSA) is 83.5 Å². The molecule has 2 aromatic rings. The second-order valence-corrected chi connectivity index (χ2v) is 5.95. The molecule has 0 saturated heterocycles. The van der Waals surface area contributed by atoms with E-state index in [-0.39, 0.29) is 4.90 Å². The molecular formula is C12H10ClNO4S. The van der Waals surface area contributed by atoms with E-state index in [0.717, 1.165) is 0 Å². The monoisotopic (exact) mass is 299 g/mol. The largest absolute Gasteiger partial charge is 0.480 e. The third-order valence-electron chi connectivity index (χ3n) is 2.52. The number of rotatable bonds is 4. The van der Waals surface area contributed by atoms with Crippen LogP contribution in [-0.4, -0.2) is 26.0 Å². The van der Waals surface area contributed by atoms with E-state index >= 15 is 0 Å². The summed E-state index contributed by atoms with van der Waals surface area (Å²) in [6.07, 6.45) is 0. The minimum absolute atomic E-state index is 0.0307. The minimum Gasteiger partial charge on any atom is -0.480 e. The first-order chi connectivity index (χ1) is 8.92. The van der Waals surface area contributed by atoms with Gasteiger partial charge in [0.15, 0.2) is 0 Å². The number of aliphatic carboxylic acids is 1. The predicted molar refractivity (Wildman–Crippen MR) is 71.8 cm³/mol. The van der Waals surface area contributed by atoms with Crippen molar-refractivity contribution in [3.05, 3.63) is 41.4 Å². The van der Waals surface area contributed by atoms with Gasteiger partial charge >= 0.3 is 5.97 Å². The van der Waals surface area contributed by atoms with Crippen molar-refractivity contribution in [3.8, 4) is 0 Å². The van der Waals surface area contributed by atoms with Crippen molar-refractivity contribution in [2.75, 3.05) is 6.54 Å². The van der Waals surface area contributed by atoms with Gasteiger partial charge in [-0.3, -0.25) is 4.79 Å². The fraction of sp³-hybridized carbons (Fsp3) is 0.0833. The lowest BCUT2D eigenvalue weighted by Gasteiger charge is -2.09. The van der Waals surface area contributed by atoms with Gasteiger partial charge in [-0.05, 0) is 17.5 Å². The Morgan fingerprint density at radius 3 is 2.47 bits per heavy atom. The lowest BCUT2D eigenvalue weighted by atomic mass is 10.1. The maximum Gasteiger partial charge on any atom is 0.318 e. The van der Waals surface area contributed by atoms with Gasteiger partial charge < -0.3 is 5.11 Å². The number of carbonyl (C=O) groups is 1. The number of carboxylic acid groups (broad SMARTS) is 1. The standard InChI is InChI=1S/C12H10ClNO4S/c13-9-5-1-3-8-4-2-6-10(12(8)9)19(17,18)14-7-11(15)16/h1-6,14H,7H2,(H,15,16). The highest BCUT2D eigenvalue weighted by atomic mass is 35.5. The molecule has 0 heterocycles. The number of sulfonamides is 1. The molecule has 0 fully saturated rings. The first-order valence-electron chi connectivity index (χ1n) is 5.30. The van der Waals surface area contributed by atoms with Crippen LogP contribution in [0.25, 0.3) is 10.8 Å². The van der Waals surface area contributed by atoms with Gasteiger partial charge in [0, 0.05) is 10.4 Å². The van der Waals surface area contributed by atoms with Gasteiger partial charge in [0.25, 0.3) is 0 Å². The van der Waals surface area contributed by atoms with Crippen LogP contribution in [0.4, 0.5) is 0 Å². The summed E-state index contributed by atoms with van der Waals surface area (Å²) in [5.74, 6) is -1.25. The molecule has 7 heteroatoms. The van der Waals surface area contributed by atoms with Crippen LogP contribution >= 0.6 is 11.6 Å². The molecule has 0 aliphatic heterocycles. The van der Waals surface area contributed by atoms with Crippen molar-refractivity contribution in [1.29, 1.82) is 0 Å². The van der Waals surface area contributed by atoms with Gasteiger partial charge in [0.2, 0.25) is 10.0 Å². The molecule has 0 amide bonds. The molecule has 0 unspecified atom stereocenters. The van der Waals surface area contributed by atoms with Crippen LogP contribution in [0.15, 0.2) is 41.3 Å². The van der Waals surface area contributed by atoms with Gasteiger partial charge in [-0.1, -0.05) is 35.9 Å². The number of benzene rings is 2. The average Bonchev–Trinajstić information content (AvgIpc) is 2.36. The highest BCUT2D eigenvalue weighted by Gasteiger charge is 2.19. The van der Waals surface area contributed by atoms with Gasteiger partial charge in [0.05, 0.1) is 4.90 Å². The molecule has 0 radical (unpaired) electrons. The van der Waals surface area contributed by atoms with Crippen LogP contribution in [0.2, 0.25) is 5.02 Å². The Morgan fingerprint density at radius 1 is 1.21 bits per heavy atom. The predicted octanol–water partition coefficient (Wildman–Crippen LogP) is 1.86. The Balaban J connectivity index is 2.59. The van der Waals surface area contributed by atoms with E-state index in [1.165, 1.54) is 6.07 Å². The molecule has 0 aliphatic rings. The van der Waals surface area contributed by atoms with Crippen LogP contribution in [0.1, 0.15) is 0 Å². The van der Waals surface area contributed by atoms with Crippen molar-refractivity contribution in [2.45, 2.75) is 4.90 Å². The molecule has 2 rings (SSSR count). The Hall–Kier alpha value is -1.63. The summed E-state index contributed by atoms with van der Waals surface area (Å²) in [5, 5.41) is 9.89. The number of fused-ring (bicyclic) bond motifs is 1. The number of hydrogen-bond donors (Lipinski definition) is 2. The molecule has 5 nitrogen and oxygen atoms in total. The van der Waals surface area contributed by atoms with Crippen molar-refractivity contribution < 1.29 is 18.3 Å².